The van der Waals surface area contributed by atoms with Crippen molar-refractivity contribution in [2.24, 2.45) is 0 Å². The number of ketones is 1. The van der Waals surface area contributed by atoms with E-state index in [1.807, 2.05) is 0 Å². The lowest BCUT2D eigenvalue weighted by Crippen LogP contribution is -2.06. The van der Waals surface area contributed by atoms with Crippen LogP contribution in [0.25, 0.3) is 0 Å². The number of halogens is 2. The van der Waals surface area contributed by atoms with Crippen molar-refractivity contribution < 1.29 is 23.5 Å². The van der Waals surface area contributed by atoms with E-state index in [1.54, 1.807) is 0 Å². The van der Waals surface area contributed by atoms with Crippen LogP contribution in [0.4, 0.5) is 8.78 Å². The molecule has 0 aliphatic rings. The van der Waals surface area contributed by atoms with Crippen molar-refractivity contribution >= 4 is 11.8 Å². The first kappa shape index (κ1) is 13.3. The van der Waals surface area contributed by atoms with Gasteiger partial charge in [0.05, 0.1) is 5.56 Å². The zero-order valence-electron chi connectivity index (χ0n) is 9.08. The van der Waals surface area contributed by atoms with Crippen LogP contribution in [-0.4, -0.2) is 16.9 Å². The SMILES string of the molecule is O=C(O)CCCCC(=O)c1c(F)cccc1F. The predicted octanol–water partition coefficient (Wildman–Crippen LogP) is 2.79. The van der Waals surface area contributed by atoms with Crippen LogP contribution < -0.4 is 0 Å². The molecular formula is C12H12F2O3. The van der Waals surface area contributed by atoms with Gasteiger partial charge in [-0.1, -0.05) is 6.07 Å². The normalized spacial score (nSPS) is 10.2. The molecule has 1 N–H and O–H groups in total. The smallest absolute Gasteiger partial charge is 0.303 e. The molecule has 3 nitrogen and oxygen atoms in total. The Morgan fingerprint density at radius 1 is 1.06 bits per heavy atom. The van der Waals surface area contributed by atoms with Crippen LogP contribution in [-0.2, 0) is 4.79 Å². The van der Waals surface area contributed by atoms with Gasteiger partial charge in [-0.15, -0.1) is 0 Å². The van der Waals surface area contributed by atoms with Crippen LogP contribution in [0.5, 0.6) is 0 Å². The standard InChI is InChI=1S/C12H12F2O3/c13-8-4-3-5-9(14)12(8)10(15)6-1-2-7-11(16)17/h3-5H,1-2,6-7H2,(H,16,17). The summed E-state index contributed by atoms with van der Waals surface area (Å²) < 4.78 is 26.4. The van der Waals surface area contributed by atoms with Gasteiger partial charge in [0, 0.05) is 12.8 Å². The molecule has 0 radical (unpaired) electrons. The highest BCUT2D eigenvalue weighted by molar-refractivity contribution is 5.96. The first-order valence-corrected chi connectivity index (χ1v) is 5.21. The number of benzene rings is 1. The van der Waals surface area contributed by atoms with Gasteiger partial charge in [-0.25, -0.2) is 8.78 Å². The summed E-state index contributed by atoms with van der Waals surface area (Å²) in [5.74, 6) is -3.35. The van der Waals surface area contributed by atoms with Crippen molar-refractivity contribution in [3.8, 4) is 0 Å². The molecule has 0 aromatic heterocycles. The molecular weight excluding hydrogens is 230 g/mol. The number of carbonyl (C=O) groups excluding carboxylic acids is 1. The maximum atomic E-state index is 13.2. The highest BCUT2D eigenvalue weighted by atomic mass is 19.1. The molecule has 1 aromatic carbocycles. The topological polar surface area (TPSA) is 54.4 Å². The number of Topliss-reactive ketones (excluding diaryl/α,β-unsaturated/α-hetero) is 1. The fourth-order valence-electron chi connectivity index (χ4n) is 1.45. The fraction of sp³-hybridized carbons (Fsp3) is 0.333. The number of carbonyl (C=O) groups is 2. The number of rotatable bonds is 6. The average molecular weight is 242 g/mol. The minimum absolute atomic E-state index is 0.0486. The second-order valence-corrected chi connectivity index (χ2v) is 3.62. The van der Waals surface area contributed by atoms with E-state index in [2.05, 4.69) is 0 Å². The Hall–Kier alpha value is -1.78. The Morgan fingerprint density at radius 2 is 1.59 bits per heavy atom. The van der Waals surface area contributed by atoms with E-state index in [4.69, 9.17) is 5.11 Å². The molecule has 17 heavy (non-hydrogen) atoms. The van der Waals surface area contributed by atoms with Crippen LogP contribution in [0.2, 0.25) is 0 Å². The molecule has 0 saturated carbocycles. The second kappa shape index (κ2) is 6.08. The van der Waals surface area contributed by atoms with Gasteiger partial charge in [-0.05, 0) is 25.0 Å². The van der Waals surface area contributed by atoms with Crippen LogP contribution in [0.1, 0.15) is 36.0 Å². The van der Waals surface area contributed by atoms with Gasteiger partial charge in [0.15, 0.2) is 5.78 Å². The summed E-state index contributed by atoms with van der Waals surface area (Å²) in [5, 5.41) is 8.38. The van der Waals surface area contributed by atoms with Crippen LogP contribution >= 0.6 is 0 Å². The minimum Gasteiger partial charge on any atom is -0.481 e. The summed E-state index contributed by atoms with van der Waals surface area (Å²) in [6.07, 6.45) is 0.522. The first-order chi connectivity index (χ1) is 8.02. The Kier molecular flexibility index (Phi) is 4.75. The molecule has 1 rings (SSSR count). The van der Waals surface area contributed by atoms with Crippen molar-refractivity contribution in [2.45, 2.75) is 25.7 Å². The summed E-state index contributed by atoms with van der Waals surface area (Å²) in [6.45, 7) is 0. The highest BCUT2D eigenvalue weighted by Gasteiger charge is 2.16. The molecule has 0 amide bonds. The van der Waals surface area contributed by atoms with Gasteiger partial charge in [-0.3, -0.25) is 9.59 Å². The molecule has 0 spiro atoms. The Labute approximate surface area is 97.1 Å². The van der Waals surface area contributed by atoms with Gasteiger partial charge in [0.2, 0.25) is 0 Å². The first-order valence-electron chi connectivity index (χ1n) is 5.21. The third-order valence-electron chi connectivity index (χ3n) is 2.29. The molecule has 5 heteroatoms. The van der Waals surface area contributed by atoms with E-state index < -0.39 is 29.0 Å². The van der Waals surface area contributed by atoms with Crippen LogP contribution in [0.3, 0.4) is 0 Å². The van der Waals surface area contributed by atoms with Crippen molar-refractivity contribution in [1.29, 1.82) is 0 Å². The maximum Gasteiger partial charge on any atom is 0.303 e. The fourth-order valence-corrected chi connectivity index (χ4v) is 1.45. The molecule has 0 fully saturated rings. The summed E-state index contributed by atoms with van der Waals surface area (Å²) in [7, 11) is 0. The molecule has 0 heterocycles. The maximum absolute atomic E-state index is 13.2. The zero-order valence-corrected chi connectivity index (χ0v) is 9.08. The van der Waals surface area contributed by atoms with E-state index >= 15 is 0 Å². The number of unbranched alkanes of at least 4 members (excludes halogenated alkanes) is 1. The second-order valence-electron chi connectivity index (χ2n) is 3.62. The number of carboxylic acids is 1. The predicted molar refractivity (Wildman–Crippen MR) is 56.8 cm³/mol. The van der Waals surface area contributed by atoms with Crippen molar-refractivity contribution in [1.82, 2.24) is 0 Å². The number of carboxylic acid groups (broad SMARTS) is 1. The van der Waals surface area contributed by atoms with Gasteiger partial charge < -0.3 is 5.11 Å². The van der Waals surface area contributed by atoms with E-state index in [0.29, 0.717) is 12.8 Å². The Bertz CT molecular complexity index is 410. The van der Waals surface area contributed by atoms with Gasteiger partial charge in [0.25, 0.3) is 0 Å². The Balaban J connectivity index is 2.55. The molecule has 0 atom stereocenters. The lowest BCUT2D eigenvalue weighted by atomic mass is 10.0. The molecule has 0 bridgehead atoms. The molecule has 1 aromatic rings. The van der Waals surface area contributed by atoms with Crippen LogP contribution in [0, 0.1) is 11.6 Å². The average Bonchev–Trinajstić information content (AvgIpc) is 2.24. The molecule has 0 aliphatic heterocycles. The van der Waals surface area contributed by atoms with Gasteiger partial charge in [0.1, 0.15) is 11.6 Å². The quantitative estimate of drug-likeness (QED) is 0.616. The number of hydrogen-bond donors (Lipinski definition) is 1. The summed E-state index contributed by atoms with van der Waals surface area (Å²) in [5.41, 5.74) is -0.539. The lowest BCUT2D eigenvalue weighted by Gasteiger charge is -2.03. The van der Waals surface area contributed by atoms with E-state index in [1.165, 1.54) is 6.07 Å². The molecule has 0 saturated heterocycles. The van der Waals surface area contributed by atoms with Crippen molar-refractivity contribution in [3.05, 3.63) is 35.4 Å². The van der Waals surface area contributed by atoms with E-state index in [0.717, 1.165) is 12.1 Å². The third kappa shape index (κ3) is 3.94. The number of aliphatic carboxylic acids is 1. The highest BCUT2D eigenvalue weighted by Crippen LogP contribution is 2.15. The zero-order chi connectivity index (χ0) is 12.8. The van der Waals surface area contributed by atoms with Gasteiger partial charge in [-0.2, -0.15) is 0 Å². The summed E-state index contributed by atoms with van der Waals surface area (Å²) in [6, 6.07) is 3.23. The van der Waals surface area contributed by atoms with E-state index in [9.17, 15) is 18.4 Å². The van der Waals surface area contributed by atoms with E-state index in [-0.39, 0.29) is 12.8 Å². The van der Waals surface area contributed by atoms with Crippen LogP contribution in [0.15, 0.2) is 18.2 Å². The third-order valence-corrected chi connectivity index (χ3v) is 2.29. The lowest BCUT2D eigenvalue weighted by molar-refractivity contribution is -0.137. The monoisotopic (exact) mass is 242 g/mol. The molecule has 0 aliphatic carbocycles. The van der Waals surface area contributed by atoms with Crippen molar-refractivity contribution in [3.63, 3.8) is 0 Å². The largest absolute Gasteiger partial charge is 0.481 e. The van der Waals surface area contributed by atoms with Crippen molar-refractivity contribution in [2.75, 3.05) is 0 Å². The number of hydrogen-bond acceptors (Lipinski definition) is 2. The minimum atomic E-state index is -0.950. The summed E-state index contributed by atoms with van der Waals surface area (Å²) >= 11 is 0. The Morgan fingerprint density at radius 3 is 2.12 bits per heavy atom. The van der Waals surface area contributed by atoms with Gasteiger partial charge >= 0.3 is 5.97 Å². The summed E-state index contributed by atoms with van der Waals surface area (Å²) in [4.78, 5) is 21.7. The molecule has 0 unspecified atom stereocenters. The molecule has 92 valence electrons.